The highest BCUT2D eigenvalue weighted by Gasteiger charge is 2.40. The number of nitrogens with one attached hydrogen (secondary N) is 1. The summed E-state index contributed by atoms with van der Waals surface area (Å²) in [5, 5.41) is 9.04. The zero-order valence-electron chi connectivity index (χ0n) is 6.81. The molecule has 0 aliphatic heterocycles. The lowest BCUT2D eigenvalue weighted by molar-refractivity contribution is -0.119. The Labute approximate surface area is 69.8 Å². The fourth-order valence-electron chi connectivity index (χ4n) is 0.395. The Kier molecular flexibility index (Phi) is 3.41. The monoisotopic (exact) mass is 197 g/mol. The number of hydrogen-bond donors (Lipinski definition) is 4. The minimum Gasteiger partial charge on any atom is -0.376 e. The SMILES string of the molecule is CC(=O)NCC(C)(O)P(=O)(O)O. The maximum absolute atomic E-state index is 10.6. The van der Waals surface area contributed by atoms with Gasteiger partial charge in [0, 0.05) is 6.92 Å². The molecule has 4 N–H and O–H groups in total. The van der Waals surface area contributed by atoms with E-state index in [2.05, 4.69) is 5.32 Å². The molecular formula is C5H12NO5P. The van der Waals surface area contributed by atoms with E-state index >= 15 is 0 Å². The van der Waals surface area contributed by atoms with Crippen LogP contribution in [0.2, 0.25) is 0 Å². The van der Waals surface area contributed by atoms with Gasteiger partial charge < -0.3 is 20.2 Å². The smallest absolute Gasteiger partial charge is 0.358 e. The summed E-state index contributed by atoms with van der Waals surface area (Å²) in [7, 11) is -4.58. The molecule has 0 aromatic carbocycles. The highest BCUT2D eigenvalue weighted by Crippen LogP contribution is 2.47. The van der Waals surface area contributed by atoms with E-state index in [1.165, 1.54) is 6.92 Å². The number of carbonyl (C=O) groups is 1. The Morgan fingerprint density at radius 3 is 2.25 bits per heavy atom. The number of amides is 1. The van der Waals surface area contributed by atoms with E-state index < -0.39 is 25.4 Å². The Balaban J connectivity index is 4.24. The van der Waals surface area contributed by atoms with E-state index in [1.807, 2.05) is 0 Å². The predicted molar refractivity (Wildman–Crippen MR) is 41.4 cm³/mol. The van der Waals surface area contributed by atoms with Gasteiger partial charge in [-0.15, -0.1) is 0 Å². The molecule has 0 rings (SSSR count). The summed E-state index contributed by atoms with van der Waals surface area (Å²) in [4.78, 5) is 27.5. The van der Waals surface area contributed by atoms with Crippen molar-refractivity contribution in [3.8, 4) is 0 Å². The highest BCUT2D eigenvalue weighted by atomic mass is 31.2. The molecule has 1 unspecified atom stereocenters. The normalized spacial score (nSPS) is 16.8. The van der Waals surface area contributed by atoms with Crippen LogP contribution in [0.4, 0.5) is 0 Å². The fourth-order valence-corrected chi connectivity index (χ4v) is 0.680. The minimum atomic E-state index is -4.58. The number of hydrogen-bond acceptors (Lipinski definition) is 3. The van der Waals surface area contributed by atoms with Crippen LogP contribution in [0.1, 0.15) is 13.8 Å². The van der Waals surface area contributed by atoms with Crippen molar-refractivity contribution in [2.45, 2.75) is 19.2 Å². The molecule has 0 saturated carbocycles. The van der Waals surface area contributed by atoms with Crippen LogP contribution >= 0.6 is 7.60 Å². The van der Waals surface area contributed by atoms with Gasteiger partial charge in [-0.05, 0) is 6.92 Å². The molecule has 0 fully saturated rings. The first-order chi connectivity index (χ1) is 5.17. The van der Waals surface area contributed by atoms with Crippen molar-refractivity contribution < 1.29 is 24.3 Å². The Hall–Kier alpha value is -0.420. The first kappa shape index (κ1) is 11.6. The Bertz CT molecular complexity index is 220. The van der Waals surface area contributed by atoms with Crippen LogP contribution in [0.25, 0.3) is 0 Å². The lowest BCUT2D eigenvalue weighted by Gasteiger charge is -2.23. The fraction of sp³-hybridized carbons (Fsp3) is 0.800. The first-order valence-corrected chi connectivity index (χ1v) is 4.80. The first-order valence-electron chi connectivity index (χ1n) is 3.19. The molecule has 1 amide bonds. The van der Waals surface area contributed by atoms with Gasteiger partial charge in [0.1, 0.15) is 0 Å². The van der Waals surface area contributed by atoms with E-state index in [1.54, 1.807) is 0 Å². The maximum atomic E-state index is 10.6. The van der Waals surface area contributed by atoms with Crippen LogP contribution in [0.3, 0.4) is 0 Å². The summed E-state index contributed by atoms with van der Waals surface area (Å²) in [5.41, 5.74) is 0. The average Bonchev–Trinajstić information content (AvgIpc) is 1.81. The third kappa shape index (κ3) is 3.32. The van der Waals surface area contributed by atoms with Crippen molar-refractivity contribution >= 4 is 13.5 Å². The predicted octanol–water partition coefficient (Wildman–Crippen LogP) is -0.991. The van der Waals surface area contributed by atoms with Crippen LogP contribution < -0.4 is 5.32 Å². The molecule has 0 heterocycles. The molecule has 0 aromatic rings. The molecule has 12 heavy (non-hydrogen) atoms. The van der Waals surface area contributed by atoms with Gasteiger partial charge in [-0.25, -0.2) is 0 Å². The molecule has 0 radical (unpaired) electrons. The second-order valence-corrected chi connectivity index (χ2v) is 4.72. The molecular weight excluding hydrogens is 185 g/mol. The van der Waals surface area contributed by atoms with Crippen molar-refractivity contribution in [2.24, 2.45) is 0 Å². The molecule has 0 bridgehead atoms. The van der Waals surface area contributed by atoms with Gasteiger partial charge in [-0.1, -0.05) is 0 Å². The standard InChI is InChI=1S/C5H12NO5P/c1-4(7)6-3-5(2,8)12(9,10)11/h8H,3H2,1-2H3,(H,6,7)(H2,9,10,11). The lowest BCUT2D eigenvalue weighted by atomic mass is 10.4. The molecule has 0 aliphatic rings. The lowest BCUT2D eigenvalue weighted by Crippen LogP contribution is -2.39. The Morgan fingerprint density at radius 1 is 1.58 bits per heavy atom. The van der Waals surface area contributed by atoms with Crippen molar-refractivity contribution in [1.29, 1.82) is 0 Å². The topological polar surface area (TPSA) is 107 Å². The van der Waals surface area contributed by atoms with E-state index in [-0.39, 0.29) is 0 Å². The molecule has 6 nitrogen and oxygen atoms in total. The maximum Gasteiger partial charge on any atom is 0.358 e. The molecule has 1 atom stereocenters. The summed E-state index contributed by atoms with van der Waals surface area (Å²) in [5.74, 6) is -0.455. The summed E-state index contributed by atoms with van der Waals surface area (Å²) < 4.78 is 10.6. The zero-order chi connectivity index (χ0) is 9.99. The largest absolute Gasteiger partial charge is 0.376 e. The van der Waals surface area contributed by atoms with E-state index in [0.717, 1.165) is 6.92 Å². The number of rotatable bonds is 3. The van der Waals surface area contributed by atoms with Gasteiger partial charge in [0.15, 0.2) is 5.34 Å². The molecule has 0 aliphatic carbocycles. The van der Waals surface area contributed by atoms with E-state index in [0.29, 0.717) is 0 Å². The van der Waals surface area contributed by atoms with Crippen LogP contribution in [0, 0.1) is 0 Å². The van der Waals surface area contributed by atoms with Crippen molar-refractivity contribution in [1.82, 2.24) is 5.32 Å². The van der Waals surface area contributed by atoms with Crippen LogP contribution in [0.5, 0.6) is 0 Å². The molecule has 0 aromatic heterocycles. The van der Waals surface area contributed by atoms with Gasteiger partial charge in [0.05, 0.1) is 6.54 Å². The summed E-state index contributed by atoms with van der Waals surface area (Å²) in [6.07, 6.45) is 0. The summed E-state index contributed by atoms with van der Waals surface area (Å²) in [6, 6.07) is 0. The van der Waals surface area contributed by atoms with E-state index in [4.69, 9.17) is 14.9 Å². The van der Waals surface area contributed by atoms with Crippen LogP contribution in [0.15, 0.2) is 0 Å². The average molecular weight is 197 g/mol. The van der Waals surface area contributed by atoms with Crippen molar-refractivity contribution in [3.63, 3.8) is 0 Å². The minimum absolute atomic E-state index is 0.455. The third-order valence-corrected chi connectivity index (χ3v) is 2.71. The highest BCUT2D eigenvalue weighted by molar-refractivity contribution is 7.53. The van der Waals surface area contributed by atoms with Gasteiger partial charge in [0.2, 0.25) is 5.91 Å². The third-order valence-electron chi connectivity index (χ3n) is 1.30. The number of aliphatic hydroxyl groups is 1. The quantitative estimate of drug-likeness (QED) is 0.434. The number of carbonyl (C=O) groups excluding carboxylic acids is 1. The van der Waals surface area contributed by atoms with Crippen LogP contribution in [-0.2, 0) is 9.36 Å². The summed E-state index contributed by atoms with van der Waals surface area (Å²) in [6.45, 7) is 1.69. The molecule has 72 valence electrons. The summed E-state index contributed by atoms with van der Waals surface area (Å²) >= 11 is 0. The second kappa shape index (κ2) is 3.53. The van der Waals surface area contributed by atoms with Crippen molar-refractivity contribution in [2.75, 3.05) is 6.54 Å². The van der Waals surface area contributed by atoms with Gasteiger partial charge in [-0.2, -0.15) is 0 Å². The van der Waals surface area contributed by atoms with Gasteiger partial charge >= 0.3 is 7.60 Å². The van der Waals surface area contributed by atoms with Crippen molar-refractivity contribution in [3.05, 3.63) is 0 Å². The molecule has 0 spiro atoms. The Morgan fingerprint density at radius 2 is 2.00 bits per heavy atom. The zero-order valence-corrected chi connectivity index (χ0v) is 7.71. The van der Waals surface area contributed by atoms with E-state index in [9.17, 15) is 9.36 Å². The molecule has 0 saturated heterocycles. The molecule has 7 heteroatoms. The van der Waals surface area contributed by atoms with Gasteiger partial charge in [0.25, 0.3) is 0 Å². The second-order valence-electron chi connectivity index (χ2n) is 2.67. The van der Waals surface area contributed by atoms with Crippen LogP contribution in [-0.4, -0.2) is 32.7 Å². The van der Waals surface area contributed by atoms with Gasteiger partial charge in [-0.3, -0.25) is 9.36 Å².